The Kier molecular flexibility index (Phi) is 15.0. The van der Waals surface area contributed by atoms with Gasteiger partial charge in [-0.2, -0.15) is 11.8 Å². The smallest absolute Gasteiger partial charge is 0.305 e. The lowest BCUT2D eigenvalue weighted by Gasteiger charge is -2.40. The van der Waals surface area contributed by atoms with Crippen molar-refractivity contribution in [1.29, 1.82) is 0 Å². The highest BCUT2D eigenvalue weighted by Crippen LogP contribution is 2.42. The molecule has 3 atom stereocenters. The molecule has 6 nitrogen and oxygen atoms in total. The highest BCUT2D eigenvalue weighted by molar-refractivity contribution is 7.99. The summed E-state index contributed by atoms with van der Waals surface area (Å²) in [5, 5.41) is 0.0952. The second-order valence-corrected chi connectivity index (χ2v) is 25.9. The highest BCUT2D eigenvalue weighted by Gasteiger charge is 2.45. The third-order valence-electron chi connectivity index (χ3n) is 9.56. The molecule has 0 N–H and O–H groups in total. The van der Waals surface area contributed by atoms with E-state index in [0.717, 1.165) is 35.5 Å². The van der Waals surface area contributed by atoms with Gasteiger partial charge in [-0.05, 0) is 59.6 Å². The summed E-state index contributed by atoms with van der Waals surface area (Å²) in [7, 11) is -1.09. The number of hydrogen-bond acceptors (Lipinski definition) is 7. The lowest BCUT2D eigenvalue weighted by molar-refractivity contribution is -0.140. The van der Waals surface area contributed by atoms with E-state index < -0.39 is 16.6 Å². The van der Waals surface area contributed by atoms with Crippen LogP contribution >= 0.6 is 11.8 Å². The van der Waals surface area contributed by atoms with Gasteiger partial charge in [0.25, 0.3) is 0 Å². The van der Waals surface area contributed by atoms with E-state index in [1.165, 1.54) is 12.7 Å². The molecule has 0 bridgehead atoms. The van der Waals surface area contributed by atoms with Crippen molar-refractivity contribution < 1.29 is 27.9 Å². The standard InChI is InChI=1S/C36H60O6SSi2/c1-35(2,3)44(9,10)41-29(24-27-15-13-16-28(23-27)26-39-7)18-19-31-30(20-22-43-21-14-17-34(38)40-8)32(37)25-33(31)42-45(11,12)36(4,5)6/h13,15-16,18-20,23,29,31,33H,14,17,21-22,24-26H2,1-12H3/t29-,31-,33-/m1/s1. The third-order valence-corrected chi connectivity index (χ3v) is 19.6. The zero-order chi connectivity index (χ0) is 34.1. The van der Waals surface area contributed by atoms with E-state index >= 15 is 0 Å². The SMILES string of the molecule is COCc1cccc(C[C@@H](C=C[C@@H]2C(=CCSCCCC(=O)OC)C(=O)C[C@H]2O[Si](C)(C)C(C)(C)C)O[Si](C)(C)C(C)(C)C)c1. The summed E-state index contributed by atoms with van der Waals surface area (Å²) in [6.45, 7) is 23.2. The minimum Gasteiger partial charge on any atom is -0.469 e. The van der Waals surface area contributed by atoms with Crippen molar-refractivity contribution in [1.82, 2.24) is 0 Å². The summed E-state index contributed by atoms with van der Waals surface area (Å²) in [5.74, 6) is 1.40. The lowest BCUT2D eigenvalue weighted by atomic mass is 9.98. The van der Waals surface area contributed by atoms with Crippen molar-refractivity contribution in [2.45, 2.75) is 122 Å². The van der Waals surface area contributed by atoms with Crippen molar-refractivity contribution in [2.24, 2.45) is 5.92 Å². The Morgan fingerprint density at radius 1 is 1.02 bits per heavy atom. The number of carbonyl (C=O) groups excluding carboxylic acids is 2. The number of hydrogen-bond donors (Lipinski definition) is 0. The molecule has 1 fully saturated rings. The number of esters is 1. The predicted octanol–water partition coefficient (Wildman–Crippen LogP) is 8.91. The molecule has 1 aliphatic rings. The number of thioether (sulfide) groups is 1. The average Bonchev–Trinajstić information content (AvgIpc) is 3.20. The third kappa shape index (κ3) is 12.2. The van der Waals surface area contributed by atoms with E-state index in [-0.39, 0.29) is 40.0 Å². The van der Waals surface area contributed by atoms with Gasteiger partial charge in [0.05, 0.1) is 25.9 Å². The van der Waals surface area contributed by atoms with Crippen molar-refractivity contribution in [2.75, 3.05) is 25.7 Å². The van der Waals surface area contributed by atoms with Crippen LogP contribution in [0.25, 0.3) is 0 Å². The van der Waals surface area contributed by atoms with Gasteiger partial charge in [-0.15, -0.1) is 0 Å². The maximum atomic E-state index is 13.5. The van der Waals surface area contributed by atoms with E-state index in [0.29, 0.717) is 19.4 Å². The number of Topliss-reactive ketones (excluding diaryl/α,β-unsaturated/α-hetero) is 1. The molecule has 0 saturated heterocycles. The van der Waals surface area contributed by atoms with Crippen LogP contribution in [-0.2, 0) is 40.9 Å². The Hall–Kier alpha value is -1.50. The van der Waals surface area contributed by atoms with Crippen LogP contribution < -0.4 is 0 Å². The lowest BCUT2D eigenvalue weighted by Crippen LogP contribution is -2.45. The molecule has 254 valence electrons. The molecule has 2 rings (SSSR count). The normalized spacial score (nSPS) is 19.9. The van der Waals surface area contributed by atoms with Crippen LogP contribution in [0, 0.1) is 5.92 Å². The van der Waals surface area contributed by atoms with Gasteiger partial charge in [-0.3, -0.25) is 9.59 Å². The fraction of sp³-hybridized carbons (Fsp3) is 0.667. The molecule has 0 unspecified atom stereocenters. The van der Waals surface area contributed by atoms with Crippen LogP contribution in [0.3, 0.4) is 0 Å². The summed E-state index contributed by atoms with van der Waals surface area (Å²) in [6, 6.07) is 8.52. The monoisotopic (exact) mass is 676 g/mol. The highest BCUT2D eigenvalue weighted by atomic mass is 32.2. The molecular weight excluding hydrogens is 617 g/mol. The summed E-state index contributed by atoms with van der Waals surface area (Å²) in [4.78, 5) is 25.0. The Morgan fingerprint density at radius 3 is 2.27 bits per heavy atom. The molecule has 0 radical (unpaired) electrons. The molecule has 1 aromatic rings. The second-order valence-electron chi connectivity index (χ2n) is 15.2. The van der Waals surface area contributed by atoms with Crippen LogP contribution in [0.4, 0.5) is 0 Å². The molecule has 1 saturated carbocycles. The summed E-state index contributed by atoms with van der Waals surface area (Å²) >= 11 is 1.74. The minimum atomic E-state index is -2.13. The predicted molar refractivity (Wildman–Crippen MR) is 194 cm³/mol. The number of methoxy groups -OCH3 is 2. The molecule has 0 aliphatic heterocycles. The molecule has 0 aromatic heterocycles. The quantitative estimate of drug-likeness (QED) is 0.0569. The summed E-state index contributed by atoms with van der Waals surface area (Å²) < 4.78 is 24.1. The molecular formula is C36H60O6SSi2. The van der Waals surface area contributed by atoms with Crippen LogP contribution in [0.5, 0.6) is 0 Å². The molecule has 1 aliphatic carbocycles. The van der Waals surface area contributed by atoms with Gasteiger partial charge in [0.2, 0.25) is 0 Å². The largest absolute Gasteiger partial charge is 0.469 e. The molecule has 0 spiro atoms. The van der Waals surface area contributed by atoms with Crippen LogP contribution in [-0.4, -0.2) is 66.3 Å². The Bertz CT molecular complexity index is 1180. The summed E-state index contributed by atoms with van der Waals surface area (Å²) in [6.07, 6.45) is 8.47. The second kappa shape index (κ2) is 17.1. The van der Waals surface area contributed by atoms with Crippen molar-refractivity contribution in [3.63, 3.8) is 0 Å². The fourth-order valence-electron chi connectivity index (χ4n) is 4.81. The number of benzene rings is 1. The molecule has 0 heterocycles. The first-order chi connectivity index (χ1) is 20.8. The molecule has 0 amide bonds. The first kappa shape index (κ1) is 39.7. The first-order valence-corrected chi connectivity index (χ1v) is 23.3. The number of rotatable bonds is 16. The van der Waals surface area contributed by atoms with Gasteiger partial charge in [0.15, 0.2) is 22.4 Å². The van der Waals surface area contributed by atoms with Crippen LogP contribution in [0.2, 0.25) is 36.3 Å². The van der Waals surface area contributed by atoms with E-state index in [9.17, 15) is 9.59 Å². The zero-order valence-corrected chi connectivity index (χ0v) is 32.9. The number of ketones is 1. The van der Waals surface area contributed by atoms with Gasteiger partial charge in [0.1, 0.15) is 0 Å². The van der Waals surface area contributed by atoms with Gasteiger partial charge < -0.3 is 18.3 Å². The van der Waals surface area contributed by atoms with E-state index in [2.05, 4.69) is 110 Å². The number of carbonyl (C=O) groups is 2. The van der Waals surface area contributed by atoms with Gasteiger partial charge in [-0.1, -0.05) is 84.0 Å². The van der Waals surface area contributed by atoms with Crippen molar-refractivity contribution in [3.05, 3.63) is 59.2 Å². The average molecular weight is 677 g/mol. The molecule has 9 heteroatoms. The Balaban J connectivity index is 2.42. The van der Waals surface area contributed by atoms with E-state index in [4.69, 9.17) is 18.3 Å². The van der Waals surface area contributed by atoms with Crippen LogP contribution in [0.1, 0.15) is 71.9 Å². The summed E-state index contributed by atoms with van der Waals surface area (Å²) in [5.41, 5.74) is 3.18. The van der Waals surface area contributed by atoms with Crippen molar-refractivity contribution in [3.8, 4) is 0 Å². The van der Waals surface area contributed by atoms with E-state index in [1.807, 2.05) is 0 Å². The molecule has 1 aromatic carbocycles. The Labute approximate surface area is 280 Å². The minimum absolute atomic E-state index is 0.0352. The van der Waals surface area contributed by atoms with Crippen molar-refractivity contribution >= 4 is 40.1 Å². The zero-order valence-electron chi connectivity index (χ0n) is 30.1. The topological polar surface area (TPSA) is 71.1 Å². The maximum absolute atomic E-state index is 13.5. The fourth-order valence-corrected chi connectivity index (χ4v) is 8.23. The Morgan fingerprint density at radius 2 is 1.67 bits per heavy atom. The van der Waals surface area contributed by atoms with Crippen LogP contribution in [0.15, 0.2) is 48.1 Å². The van der Waals surface area contributed by atoms with Gasteiger partial charge in [-0.25, -0.2) is 0 Å². The van der Waals surface area contributed by atoms with E-state index in [1.54, 1.807) is 18.9 Å². The molecule has 45 heavy (non-hydrogen) atoms. The number of ether oxygens (including phenoxy) is 2. The van der Waals surface area contributed by atoms with Gasteiger partial charge in [0, 0.05) is 43.6 Å². The van der Waals surface area contributed by atoms with Gasteiger partial charge >= 0.3 is 5.97 Å². The maximum Gasteiger partial charge on any atom is 0.305 e. The first-order valence-electron chi connectivity index (χ1n) is 16.3.